The number of benzene rings is 1. The molecule has 0 saturated carbocycles. The van der Waals surface area contributed by atoms with Gasteiger partial charge in [0, 0.05) is 17.4 Å². The molecular formula is C20H25N5O3S. The number of aromatic nitrogens is 4. The number of aryl methyl sites for hydroxylation is 2. The summed E-state index contributed by atoms with van der Waals surface area (Å²) in [6.07, 6.45) is 0.556. The predicted octanol–water partition coefficient (Wildman–Crippen LogP) is 3.84. The van der Waals surface area contributed by atoms with Gasteiger partial charge in [-0.2, -0.15) is 10.1 Å². The number of anilines is 1. The zero-order valence-electron chi connectivity index (χ0n) is 17.2. The Balaban J connectivity index is 1.82. The molecule has 0 atom stereocenters. The lowest BCUT2D eigenvalue weighted by molar-refractivity contribution is 0.459. The molecule has 2 heterocycles. The first-order valence-electron chi connectivity index (χ1n) is 9.36. The summed E-state index contributed by atoms with van der Waals surface area (Å²) < 4.78 is 33.9. The first-order chi connectivity index (χ1) is 13.7. The SMILES string of the molecule is CCCS(=O)(=O)Nc1ccc(Oc2cc(-n3nc(C)c(C)c3C)nc(C)n2)cc1. The molecule has 0 aliphatic rings. The predicted molar refractivity (Wildman–Crippen MR) is 112 cm³/mol. The zero-order valence-corrected chi connectivity index (χ0v) is 18.0. The van der Waals surface area contributed by atoms with Crippen LogP contribution in [-0.4, -0.2) is 33.9 Å². The molecule has 3 rings (SSSR count). The highest BCUT2D eigenvalue weighted by Crippen LogP contribution is 2.24. The van der Waals surface area contributed by atoms with Crippen LogP contribution in [0.5, 0.6) is 11.6 Å². The summed E-state index contributed by atoms with van der Waals surface area (Å²) in [4.78, 5) is 8.80. The lowest BCUT2D eigenvalue weighted by Crippen LogP contribution is -2.15. The summed E-state index contributed by atoms with van der Waals surface area (Å²) in [6, 6.07) is 8.41. The fourth-order valence-corrected chi connectivity index (χ4v) is 3.98. The van der Waals surface area contributed by atoms with E-state index in [4.69, 9.17) is 4.74 Å². The number of nitrogens with zero attached hydrogens (tertiary/aromatic N) is 4. The van der Waals surface area contributed by atoms with Crippen molar-refractivity contribution in [1.29, 1.82) is 0 Å². The highest BCUT2D eigenvalue weighted by atomic mass is 32.2. The fourth-order valence-electron chi connectivity index (χ4n) is 2.84. The number of rotatable bonds is 7. The summed E-state index contributed by atoms with van der Waals surface area (Å²) in [6.45, 7) is 9.59. The lowest BCUT2D eigenvalue weighted by atomic mass is 10.2. The maximum Gasteiger partial charge on any atom is 0.232 e. The molecule has 3 aromatic rings. The molecule has 0 aliphatic carbocycles. The van der Waals surface area contributed by atoms with E-state index in [1.165, 1.54) is 0 Å². The van der Waals surface area contributed by atoms with Gasteiger partial charge in [0.05, 0.1) is 11.4 Å². The molecule has 0 bridgehead atoms. The van der Waals surface area contributed by atoms with Gasteiger partial charge in [0.25, 0.3) is 0 Å². The zero-order chi connectivity index (χ0) is 21.2. The van der Waals surface area contributed by atoms with Gasteiger partial charge < -0.3 is 4.74 Å². The Kier molecular flexibility index (Phi) is 5.88. The molecular weight excluding hydrogens is 390 g/mol. The topological polar surface area (TPSA) is 99.0 Å². The number of ether oxygens (including phenoxy) is 1. The third-order valence-corrected chi connectivity index (χ3v) is 5.99. The molecule has 1 N–H and O–H groups in total. The molecule has 0 radical (unpaired) electrons. The molecule has 0 amide bonds. The minimum Gasteiger partial charge on any atom is -0.439 e. The van der Waals surface area contributed by atoms with Crippen molar-refractivity contribution in [3.05, 3.63) is 53.1 Å². The van der Waals surface area contributed by atoms with Gasteiger partial charge >= 0.3 is 0 Å². The van der Waals surface area contributed by atoms with Gasteiger partial charge in [-0.1, -0.05) is 6.92 Å². The summed E-state index contributed by atoms with van der Waals surface area (Å²) in [5.74, 6) is 2.20. The number of sulfonamides is 1. The molecule has 0 aliphatic heterocycles. The fraction of sp³-hybridized carbons (Fsp3) is 0.350. The lowest BCUT2D eigenvalue weighted by Gasteiger charge is -2.10. The van der Waals surface area contributed by atoms with Gasteiger partial charge in [0.15, 0.2) is 5.82 Å². The second kappa shape index (κ2) is 8.20. The van der Waals surface area contributed by atoms with Crippen molar-refractivity contribution >= 4 is 15.7 Å². The van der Waals surface area contributed by atoms with Crippen molar-refractivity contribution in [2.24, 2.45) is 0 Å². The van der Waals surface area contributed by atoms with E-state index >= 15 is 0 Å². The van der Waals surface area contributed by atoms with E-state index in [0.29, 0.717) is 35.4 Å². The normalized spacial score (nSPS) is 11.5. The van der Waals surface area contributed by atoms with Crippen LogP contribution in [0.4, 0.5) is 5.69 Å². The highest BCUT2D eigenvalue weighted by molar-refractivity contribution is 7.92. The van der Waals surface area contributed by atoms with Crippen LogP contribution in [0.2, 0.25) is 0 Å². The van der Waals surface area contributed by atoms with Gasteiger partial charge in [0.1, 0.15) is 11.6 Å². The summed E-state index contributed by atoms with van der Waals surface area (Å²) in [5.41, 5.74) is 3.56. The van der Waals surface area contributed by atoms with Gasteiger partial charge in [-0.15, -0.1) is 0 Å². The third-order valence-electron chi connectivity index (χ3n) is 4.49. The van der Waals surface area contributed by atoms with Crippen LogP contribution >= 0.6 is 0 Å². The molecule has 8 nitrogen and oxygen atoms in total. The van der Waals surface area contributed by atoms with E-state index < -0.39 is 10.0 Å². The standard InChI is InChI=1S/C20H25N5O3S/c1-6-11-29(26,27)24-17-7-9-18(10-8-17)28-20-12-19(21-16(5)22-20)25-15(4)13(2)14(3)23-25/h7-10,12,24H,6,11H2,1-5H3. The van der Waals surface area contributed by atoms with Crippen LogP contribution in [0.25, 0.3) is 5.82 Å². The Bertz CT molecular complexity index is 1120. The van der Waals surface area contributed by atoms with Crippen molar-refractivity contribution in [2.75, 3.05) is 10.5 Å². The molecule has 9 heteroatoms. The second-order valence-electron chi connectivity index (χ2n) is 6.87. The van der Waals surface area contributed by atoms with E-state index in [9.17, 15) is 8.42 Å². The van der Waals surface area contributed by atoms with E-state index in [-0.39, 0.29) is 5.75 Å². The van der Waals surface area contributed by atoms with Crippen molar-refractivity contribution in [3.8, 4) is 17.4 Å². The third kappa shape index (κ3) is 4.92. The maximum atomic E-state index is 11.9. The molecule has 1 aromatic carbocycles. The quantitative estimate of drug-likeness (QED) is 0.629. The van der Waals surface area contributed by atoms with Gasteiger partial charge in [-0.05, 0) is 63.9 Å². The Morgan fingerprint density at radius 1 is 1.07 bits per heavy atom. The summed E-state index contributed by atoms with van der Waals surface area (Å²) in [5, 5.41) is 4.54. The number of hydrogen-bond acceptors (Lipinski definition) is 6. The molecule has 0 fully saturated rings. The molecule has 0 unspecified atom stereocenters. The van der Waals surface area contributed by atoms with Crippen LogP contribution in [0, 0.1) is 27.7 Å². The maximum absolute atomic E-state index is 11.9. The first kappa shape index (κ1) is 20.8. The van der Waals surface area contributed by atoms with Crippen molar-refractivity contribution in [3.63, 3.8) is 0 Å². The largest absolute Gasteiger partial charge is 0.439 e. The number of nitrogens with one attached hydrogen (secondary N) is 1. The summed E-state index contributed by atoms with van der Waals surface area (Å²) >= 11 is 0. The van der Waals surface area contributed by atoms with Crippen LogP contribution in [-0.2, 0) is 10.0 Å². The van der Waals surface area contributed by atoms with Crippen molar-refractivity contribution in [1.82, 2.24) is 19.7 Å². The first-order valence-corrected chi connectivity index (χ1v) is 11.0. The van der Waals surface area contributed by atoms with E-state index in [2.05, 4.69) is 19.8 Å². The minimum atomic E-state index is -3.33. The smallest absolute Gasteiger partial charge is 0.232 e. The van der Waals surface area contributed by atoms with E-state index in [1.54, 1.807) is 41.9 Å². The van der Waals surface area contributed by atoms with Gasteiger partial charge in [-0.25, -0.2) is 18.1 Å². The van der Waals surface area contributed by atoms with Crippen LogP contribution in [0.15, 0.2) is 30.3 Å². The molecule has 0 saturated heterocycles. The second-order valence-corrected chi connectivity index (χ2v) is 8.71. The minimum absolute atomic E-state index is 0.0834. The number of hydrogen-bond donors (Lipinski definition) is 1. The van der Waals surface area contributed by atoms with E-state index in [1.807, 2.05) is 27.7 Å². The average Bonchev–Trinajstić information content (AvgIpc) is 2.90. The molecule has 29 heavy (non-hydrogen) atoms. The highest BCUT2D eigenvalue weighted by Gasteiger charge is 2.13. The van der Waals surface area contributed by atoms with Crippen molar-refractivity contribution < 1.29 is 13.2 Å². The van der Waals surface area contributed by atoms with Crippen LogP contribution in [0.1, 0.15) is 36.1 Å². The van der Waals surface area contributed by atoms with Crippen LogP contribution in [0.3, 0.4) is 0 Å². The Morgan fingerprint density at radius 2 is 1.76 bits per heavy atom. The van der Waals surface area contributed by atoms with E-state index in [0.717, 1.165) is 17.0 Å². The van der Waals surface area contributed by atoms with Gasteiger partial charge in [-0.3, -0.25) is 4.72 Å². The molecule has 0 spiro atoms. The Hall–Kier alpha value is -2.94. The molecule has 2 aromatic heterocycles. The monoisotopic (exact) mass is 415 g/mol. The Labute approximate surface area is 171 Å². The average molecular weight is 416 g/mol. The molecule has 154 valence electrons. The summed E-state index contributed by atoms with van der Waals surface area (Å²) in [7, 11) is -3.33. The van der Waals surface area contributed by atoms with Crippen molar-refractivity contribution in [2.45, 2.75) is 41.0 Å². The Morgan fingerprint density at radius 3 is 2.34 bits per heavy atom. The van der Waals surface area contributed by atoms with Crippen LogP contribution < -0.4 is 9.46 Å². The van der Waals surface area contributed by atoms with Gasteiger partial charge in [0.2, 0.25) is 15.9 Å².